The van der Waals surface area contributed by atoms with Gasteiger partial charge in [-0.3, -0.25) is 4.90 Å². The summed E-state index contributed by atoms with van der Waals surface area (Å²) < 4.78 is 0. The lowest BCUT2D eigenvalue weighted by molar-refractivity contribution is 0.0946. The van der Waals surface area contributed by atoms with Crippen LogP contribution in [0.2, 0.25) is 0 Å². The van der Waals surface area contributed by atoms with Crippen molar-refractivity contribution in [3.8, 4) is 0 Å². The average Bonchev–Trinajstić information content (AvgIpc) is 2.21. The van der Waals surface area contributed by atoms with Crippen LogP contribution in [0.1, 0.15) is 26.7 Å². The minimum Gasteiger partial charge on any atom is -0.394 e. The van der Waals surface area contributed by atoms with E-state index in [-0.39, 0.29) is 6.61 Å². The Bertz CT molecular complexity index is 208. The first-order chi connectivity index (χ1) is 7.44. The second-order valence-corrected chi connectivity index (χ2v) is 5.56. The minimum absolute atomic E-state index is 0.0747. The van der Waals surface area contributed by atoms with Gasteiger partial charge in [0.2, 0.25) is 0 Å². The van der Waals surface area contributed by atoms with E-state index in [4.69, 9.17) is 10.8 Å². The first-order valence-electron chi connectivity index (χ1n) is 6.27. The van der Waals surface area contributed by atoms with Crippen molar-refractivity contribution in [1.82, 2.24) is 9.80 Å². The number of nitrogens with two attached hydrogens (primary N) is 1. The molecule has 1 rings (SSSR count). The quantitative estimate of drug-likeness (QED) is 0.703. The molecule has 1 aliphatic rings. The maximum absolute atomic E-state index is 9.07. The molecule has 1 saturated heterocycles. The van der Waals surface area contributed by atoms with Gasteiger partial charge in [-0.15, -0.1) is 0 Å². The molecule has 1 fully saturated rings. The second-order valence-electron chi connectivity index (χ2n) is 5.56. The largest absolute Gasteiger partial charge is 0.394 e. The topological polar surface area (TPSA) is 52.7 Å². The van der Waals surface area contributed by atoms with Gasteiger partial charge in [-0.1, -0.05) is 0 Å². The molecule has 0 aromatic rings. The van der Waals surface area contributed by atoms with Gasteiger partial charge in [-0.05, 0) is 40.3 Å². The maximum atomic E-state index is 9.07. The summed E-state index contributed by atoms with van der Waals surface area (Å²) in [6.07, 6.45) is 1.96. The van der Waals surface area contributed by atoms with Gasteiger partial charge < -0.3 is 15.7 Å². The molecule has 96 valence electrons. The minimum atomic E-state index is -0.407. The molecule has 0 amide bonds. The van der Waals surface area contributed by atoms with Crippen LogP contribution in [0.25, 0.3) is 0 Å². The van der Waals surface area contributed by atoms with Crippen molar-refractivity contribution < 1.29 is 5.11 Å². The van der Waals surface area contributed by atoms with E-state index in [9.17, 15) is 0 Å². The molecule has 1 aliphatic heterocycles. The predicted octanol–water partition coefficient (Wildman–Crippen LogP) is 0.112. The lowest BCUT2D eigenvalue weighted by Crippen LogP contribution is -2.51. The smallest absolute Gasteiger partial charge is 0.0608 e. The Balaban J connectivity index is 2.23. The number of likely N-dealkylation sites (N-methyl/N-ethyl adjacent to an activating group) is 1. The molecule has 0 aliphatic carbocycles. The molecule has 3 N–H and O–H groups in total. The number of hydrogen-bond acceptors (Lipinski definition) is 4. The number of aliphatic hydroxyl groups is 1. The molecule has 4 heteroatoms. The number of piperazine rings is 1. The van der Waals surface area contributed by atoms with Crippen LogP contribution in [0.4, 0.5) is 0 Å². The van der Waals surface area contributed by atoms with Crippen LogP contribution in [0.5, 0.6) is 0 Å². The summed E-state index contributed by atoms with van der Waals surface area (Å²) in [5.41, 5.74) is 5.50. The monoisotopic (exact) mass is 229 g/mol. The maximum Gasteiger partial charge on any atom is 0.0608 e. The Kier molecular flexibility index (Phi) is 5.18. The van der Waals surface area contributed by atoms with Crippen molar-refractivity contribution in [2.45, 2.75) is 38.3 Å². The molecule has 0 spiro atoms. The van der Waals surface area contributed by atoms with E-state index in [0.717, 1.165) is 39.0 Å². The van der Waals surface area contributed by atoms with E-state index in [0.29, 0.717) is 6.04 Å². The van der Waals surface area contributed by atoms with Crippen LogP contribution in [0.3, 0.4) is 0 Å². The van der Waals surface area contributed by atoms with Crippen molar-refractivity contribution in [3.63, 3.8) is 0 Å². The molecule has 0 saturated carbocycles. The van der Waals surface area contributed by atoms with E-state index >= 15 is 0 Å². The first kappa shape index (κ1) is 13.9. The fourth-order valence-electron chi connectivity index (χ4n) is 2.27. The number of aliphatic hydroxyl groups excluding tert-OH is 1. The molecule has 1 heterocycles. The molecule has 0 bridgehead atoms. The van der Waals surface area contributed by atoms with Crippen LogP contribution >= 0.6 is 0 Å². The lowest BCUT2D eigenvalue weighted by atomic mass is 9.98. The van der Waals surface area contributed by atoms with Gasteiger partial charge in [-0.25, -0.2) is 0 Å². The van der Waals surface area contributed by atoms with Gasteiger partial charge in [0.15, 0.2) is 0 Å². The van der Waals surface area contributed by atoms with Crippen molar-refractivity contribution in [2.75, 3.05) is 39.8 Å². The van der Waals surface area contributed by atoms with Gasteiger partial charge in [-0.2, -0.15) is 0 Å². The summed E-state index contributed by atoms with van der Waals surface area (Å²) >= 11 is 0. The Morgan fingerprint density at radius 1 is 1.44 bits per heavy atom. The van der Waals surface area contributed by atoms with E-state index in [1.54, 1.807) is 0 Å². The van der Waals surface area contributed by atoms with Crippen LogP contribution in [-0.4, -0.2) is 66.3 Å². The Morgan fingerprint density at radius 3 is 2.69 bits per heavy atom. The summed E-state index contributed by atoms with van der Waals surface area (Å²) in [7, 11) is 2.18. The van der Waals surface area contributed by atoms with Crippen molar-refractivity contribution in [2.24, 2.45) is 5.73 Å². The summed E-state index contributed by atoms with van der Waals surface area (Å²) in [5, 5.41) is 9.07. The van der Waals surface area contributed by atoms with Crippen LogP contribution in [0.15, 0.2) is 0 Å². The molecule has 4 nitrogen and oxygen atoms in total. The first-order valence-corrected chi connectivity index (χ1v) is 6.27. The number of hydrogen-bond donors (Lipinski definition) is 2. The molecular formula is C12H27N3O. The van der Waals surface area contributed by atoms with Gasteiger partial charge in [0, 0.05) is 31.2 Å². The summed E-state index contributed by atoms with van der Waals surface area (Å²) in [6.45, 7) is 8.83. The molecule has 0 aromatic heterocycles. The second kappa shape index (κ2) is 5.96. The van der Waals surface area contributed by atoms with Gasteiger partial charge in [0.1, 0.15) is 0 Å². The summed E-state index contributed by atoms with van der Waals surface area (Å²) in [6, 6.07) is 0.636. The Labute approximate surface area is 99.4 Å². The molecule has 0 radical (unpaired) electrons. The third-order valence-corrected chi connectivity index (χ3v) is 3.52. The van der Waals surface area contributed by atoms with Gasteiger partial charge >= 0.3 is 0 Å². The highest BCUT2D eigenvalue weighted by Crippen LogP contribution is 2.12. The van der Waals surface area contributed by atoms with Crippen LogP contribution < -0.4 is 5.73 Å². The van der Waals surface area contributed by atoms with E-state index in [1.165, 1.54) is 0 Å². The number of rotatable bonds is 5. The van der Waals surface area contributed by atoms with E-state index in [1.807, 2.05) is 6.92 Å². The molecule has 16 heavy (non-hydrogen) atoms. The summed E-state index contributed by atoms with van der Waals surface area (Å²) in [5.74, 6) is 0. The van der Waals surface area contributed by atoms with Crippen molar-refractivity contribution in [3.05, 3.63) is 0 Å². The predicted molar refractivity (Wildman–Crippen MR) is 67.4 cm³/mol. The third kappa shape index (κ3) is 4.37. The standard InChI is InChI=1S/C12H27N3O/c1-11-9-14(3)7-8-15(11)6-4-5-12(2,13)10-16/h11,16H,4-10,13H2,1-3H3. The van der Waals surface area contributed by atoms with Crippen LogP contribution in [-0.2, 0) is 0 Å². The zero-order valence-electron chi connectivity index (χ0n) is 10.9. The zero-order chi connectivity index (χ0) is 12.2. The molecular weight excluding hydrogens is 202 g/mol. The van der Waals surface area contributed by atoms with Crippen molar-refractivity contribution in [1.29, 1.82) is 0 Å². The number of nitrogens with zero attached hydrogens (tertiary/aromatic N) is 2. The fraction of sp³-hybridized carbons (Fsp3) is 1.00. The zero-order valence-corrected chi connectivity index (χ0v) is 10.9. The lowest BCUT2D eigenvalue weighted by Gasteiger charge is -2.38. The highest BCUT2D eigenvalue weighted by Gasteiger charge is 2.22. The van der Waals surface area contributed by atoms with E-state index < -0.39 is 5.54 Å². The van der Waals surface area contributed by atoms with Gasteiger partial charge in [0.25, 0.3) is 0 Å². The van der Waals surface area contributed by atoms with E-state index in [2.05, 4.69) is 23.8 Å². The normalized spacial score (nSPS) is 27.9. The highest BCUT2D eigenvalue weighted by atomic mass is 16.3. The highest BCUT2D eigenvalue weighted by molar-refractivity contribution is 4.80. The van der Waals surface area contributed by atoms with Crippen LogP contribution in [0, 0.1) is 0 Å². The van der Waals surface area contributed by atoms with Crippen molar-refractivity contribution >= 4 is 0 Å². The average molecular weight is 229 g/mol. The summed E-state index contributed by atoms with van der Waals surface area (Å²) in [4.78, 5) is 4.90. The Hall–Kier alpha value is -0.160. The molecule has 0 aromatic carbocycles. The van der Waals surface area contributed by atoms with Gasteiger partial charge in [0.05, 0.1) is 6.61 Å². The SMILES string of the molecule is CC1CN(C)CCN1CCCC(C)(N)CO. The molecule has 2 atom stereocenters. The third-order valence-electron chi connectivity index (χ3n) is 3.52. The Morgan fingerprint density at radius 2 is 2.12 bits per heavy atom. The fourth-order valence-corrected chi connectivity index (χ4v) is 2.27. The molecule has 2 unspecified atom stereocenters.